The molecule has 19 heavy (non-hydrogen) atoms. The van der Waals surface area contributed by atoms with Gasteiger partial charge in [-0.15, -0.1) is 0 Å². The van der Waals surface area contributed by atoms with E-state index in [4.69, 9.17) is 10.8 Å². The van der Waals surface area contributed by atoms with Gasteiger partial charge in [0.05, 0.1) is 5.92 Å². The molecule has 0 aliphatic rings. The molecule has 5 N–H and O–H groups in total. The fraction of sp³-hybridized carbons (Fsp3) is 0.500. The average molecular weight is 267 g/mol. The molecule has 0 aliphatic carbocycles. The van der Waals surface area contributed by atoms with Crippen LogP contribution in [0.15, 0.2) is 18.2 Å². The van der Waals surface area contributed by atoms with Crippen molar-refractivity contribution in [3.63, 3.8) is 0 Å². The molecule has 0 radical (unpaired) electrons. The van der Waals surface area contributed by atoms with Crippen LogP contribution in [0.2, 0.25) is 0 Å². The van der Waals surface area contributed by atoms with E-state index in [2.05, 4.69) is 0 Å². The number of benzene rings is 1. The van der Waals surface area contributed by atoms with Crippen LogP contribution >= 0.6 is 0 Å². The molecular formula is C14H21NO4. The highest BCUT2D eigenvalue weighted by molar-refractivity contribution is 5.70. The first-order valence-electron chi connectivity index (χ1n) is 6.32. The molecule has 3 atom stereocenters. The minimum absolute atomic E-state index is 0.0253. The third kappa shape index (κ3) is 3.61. The van der Waals surface area contributed by atoms with E-state index in [9.17, 15) is 15.0 Å². The van der Waals surface area contributed by atoms with Gasteiger partial charge in [-0.25, -0.2) is 0 Å². The smallest absolute Gasteiger partial charge is 0.307 e. The molecule has 3 unspecified atom stereocenters. The number of aromatic hydroxyl groups is 2. The van der Waals surface area contributed by atoms with Crippen molar-refractivity contribution in [2.45, 2.75) is 26.2 Å². The van der Waals surface area contributed by atoms with Gasteiger partial charge in [-0.3, -0.25) is 4.79 Å². The molecular weight excluding hydrogens is 246 g/mol. The Kier molecular flexibility index (Phi) is 5.18. The molecule has 1 aromatic rings. The van der Waals surface area contributed by atoms with E-state index in [0.717, 1.165) is 0 Å². The molecule has 0 aliphatic heterocycles. The summed E-state index contributed by atoms with van der Waals surface area (Å²) in [6, 6.07) is 4.80. The van der Waals surface area contributed by atoms with E-state index in [1.165, 1.54) is 6.07 Å². The number of aliphatic carboxylic acids is 1. The van der Waals surface area contributed by atoms with Gasteiger partial charge in [0.1, 0.15) is 0 Å². The summed E-state index contributed by atoms with van der Waals surface area (Å²) in [5, 5.41) is 28.3. The predicted molar refractivity (Wildman–Crippen MR) is 72.1 cm³/mol. The van der Waals surface area contributed by atoms with E-state index in [0.29, 0.717) is 12.0 Å². The van der Waals surface area contributed by atoms with Crippen molar-refractivity contribution in [1.82, 2.24) is 0 Å². The highest BCUT2D eigenvalue weighted by atomic mass is 16.4. The van der Waals surface area contributed by atoms with E-state index in [1.54, 1.807) is 12.1 Å². The van der Waals surface area contributed by atoms with Crippen LogP contribution in [-0.4, -0.2) is 27.8 Å². The number of carbonyl (C=O) groups is 1. The molecule has 0 bridgehead atoms. The summed E-state index contributed by atoms with van der Waals surface area (Å²) in [4.78, 5) is 11.0. The molecule has 0 amide bonds. The van der Waals surface area contributed by atoms with Crippen LogP contribution in [0.4, 0.5) is 0 Å². The lowest BCUT2D eigenvalue weighted by molar-refractivity contribution is -0.142. The van der Waals surface area contributed by atoms with Gasteiger partial charge in [-0.1, -0.05) is 26.0 Å². The van der Waals surface area contributed by atoms with E-state index >= 15 is 0 Å². The summed E-state index contributed by atoms with van der Waals surface area (Å²) in [6.45, 7) is 3.91. The number of phenolic OH excluding ortho intramolecular Hbond substituents is 2. The molecule has 0 spiro atoms. The van der Waals surface area contributed by atoms with Crippen LogP contribution in [0.25, 0.3) is 0 Å². The quantitative estimate of drug-likeness (QED) is 0.589. The monoisotopic (exact) mass is 267 g/mol. The summed E-state index contributed by atoms with van der Waals surface area (Å²) >= 11 is 0. The molecule has 5 heteroatoms. The Bertz CT molecular complexity index is 447. The van der Waals surface area contributed by atoms with Crippen LogP contribution < -0.4 is 5.73 Å². The maximum absolute atomic E-state index is 11.0. The van der Waals surface area contributed by atoms with Crippen LogP contribution in [0.3, 0.4) is 0 Å². The SMILES string of the molecule is CC(CC(CN)C(=O)O)C(C)c1cccc(O)c1O. The van der Waals surface area contributed by atoms with Crippen molar-refractivity contribution in [2.75, 3.05) is 6.54 Å². The first kappa shape index (κ1) is 15.3. The zero-order valence-corrected chi connectivity index (χ0v) is 11.2. The third-order valence-corrected chi connectivity index (χ3v) is 3.68. The molecule has 0 saturated heterocycles. The Labute approximate surface area is 112 Å². The van der Waals surface area contributed by atoms with Crippen LogP contribution in [0.5, 0.6) is 11.5 Å². The Morgan fingerprint density at radius 2 is 1.95 bits per heavy atom. The molecule has 106 valence electrons. The van der Waals surface area contributed by atoms with E-state index in [1.807, 2.05) is 13.8 Å². The lowest BCUT2D eigenvalue weighted by Gasteiger charge is -2.23. The maximum atomic E-state index is 11.0. The molecule has 0 fully saturated rings. The minimum Gasteiger partial charge on any atom is -0.504 e. The van der Waals surface area contributed by atoms with Gasteiger partial charge in [-0.2, -0.15) is 0 Å². The lowest BCUT2D eigenvalue weighted by atomic mass is 9.82. The zero-order valence-electron chi connectivity index (χ0n) is 11.2. The van der Waals surface area contributed by atoms with Crippen molar-refractivity contribution < 1.29 is 20.1 Å². The molecule has 0 aromatic heterocycles. The van der Waals surface area contributed by atoms with Crippen molar-refractivity contribution in [3.8, 4) is 11.5 Å². The summed E-state index contributed by atoms with van der Waals surface area (Å²) in [6.07, 6.45) is 0.433. The number of rotatable bonds is 6. The van der Waals surface area contributed by atoms with E-state index < -0.39 is 11.9 Å². The number of carboxylic acids is 1. The number of hydrogen-bond donors (Lipinski definition) is 4. The molecule has 1 aromatic carbocycles. The molecule has 1 rings (SSSR count). The van der Waals surface area contributed by atoms with Crippen LogP contribution in [0, 0.1) is 11.8 Å². The zero-order chi connectivity index (χ0) is 14.6. The van der Waals surface area contributed by atoms with Gasteiger partial charge in [-0.05, 0) is 24.3 Å². The fourth-order valence-electron chi connectivity index (χ4n) is 2.17. The maximum Gasteiger partial charge on any atom is 0.307 e. The first-order chi connectivity index (χ1) is 8.88. The highest BCUT2D eigenvalue weighted by Gasteiger charge is 2.25. The molecule has 0 saturated carbocycles. The number of carboxylic acid groups (broad SMARTS) is 1. The van der Waals surface area contributed by atoms with Gasteiger partial charge >= 0.3 is 5.97 Å². The number of nitrogens with two attached hydrogens (primary N) is 1. The predicted octanol–water partition coefficient (Wildman–Crippen LogP) is 1.89. The highest BCUT2D eigenvalue weighted by Crippen LogP contribution is 2.38. The summed E-state index contributed by atoms with van der Waals surface area (Å²) in [5.41, 5.74) is 6.06. The third-order valence-electron chi connectivity index (χ3n) is 3.68. The standard InChI is InChI=1S/C14H21NO4/c1-8(6-10(7-15)14(18)19)9(2)11-4-3-5-12(16)13(11)17/h3-5,8-10,16-17H,6-7,15H2,1-2H3,(H,18,19). The Morgan fingerprint density at radius 1 is 1.32 bits per heavy atom. The first-order valence-corrected chi connectivity index (χ1v) is 6.32. The second-order valence-electron chi connectivity index (χ2n) is 4.99. The summed E-state index contributed by atoms with van der Waals surface area (Å²) in [5.74, 6) is -1.83. The molecule has 0 heterocycles. The average Bonchev–Trinajstić information content (AvgIpc) is 2.37. The second kappa shape index (κ2) is 6.43. The van der Waals surface area contributed by atoms with Gasteiger partial charge in [0.2, 0.25) is 0 Å². The van der Waals surface area contributed by atoms with Crippen LogP contribution in [-0.2, 0) is 4.79 Å². The summed E-state index contributed by atoms with van der Waals surface area (Å²) < 4.78 is 0. The number of phenols is 2. The van der Waals surface area contributed by atoms with Crippen LogP contribution in [0.1, 0.15) is 31.7 Å². The van der Waals surface area contributed by atoms with Crippen molar-refractivity contribution in [2.24, 2.45) is 17.6 Å². The second-order valence-corrected chi connectivity index (χ2v) is 4.99. The Hall–Kier alpha value is -1.75. The largest absolute Gasteiger partial charge is 0.504 e. The van der Waals surface area contributed by atoms with Gasteiger partial charge in [0.25, 0.3) is 0 Å². The summed E-state index contributed by atoms with van der Waals surface area (Å²) in [7, 11) is 0. The number of hydrogen-bond acceptors (Lipinski definition) is 4. The fourth-order valence-corrected chi connectivity index (χ4v) is 2.17. The Morgan fingerprint density at radius 3 is 2.47 bits per heavy atom. The van der Waals surface area contributed by atoms with Gasteiger partial charge in [0, 0.05) is 12.1 Å². The molecule has 5 nitrogen and oxygen atoms in total. The van der Waals surface area contributed by atoms with Gasteiger partial charge in [0.15, 0.2) is 11.5 Å². The minimum atomic E-state index is -0.901. The van der Waals surface area contributed by atoms with Crippen molar-refractivity contribution in [1.29, 1.82) is 0 Å². The topological polar surface area (TPSA) is 104 Å². The van der Waals surface area contributed by atoms with Gasteiger partial charge < -0.3 is 21.1 Å². The number of para-hydroxylation sites is 1. The lowest BCUT2D eigenvalue weighted by Crippen LogP contribution is -2.26. The normalized spacial score (nSPS) is 15.7. The van der Waals surface area contributed by atoms with E-state index in [-0.39, 0.29) is 29.9 Å². The Balaban J connectivity index is 2.84. The van der Waals surface area contributed by atoms with Crippen molar-refractivity contribution in [3.05, 3.63) is 23.8 Å². The van der Waals surface area contributed by atoms with Crippen molar-refractivity contribution >= 4 is 5.97 Å².